The van der Waals surface area contributed by atoms with E-state index in [0.29, 0.717) is 5.92 Å². The Morgan fingerprint density at radius 1 is 1.20 bits per heavy atom. The van der Waals surface area contributed by atoms with Crippen LogP contribution in [0.3, 0.4) is 0 Å². The zero-order valence-corrected chi connectivity index (χ0v) is 9.07. The van der Waals surface area contributed by atoms with Crippen LogP contribution in [0, 0.1) is 13.8 Å². The molecule has 1 aromatic rings. The van der Waals surface area contributed by atoms with Gasteiger partial charge in [0.05, 0.1) is 0 Å². The van der Waals surface area contributed by atoms with Crippen molar-refractivity contribution in [3.63, 3.8) is 0 Å². The zero-order valence-electron chi connectivity index (χ0n) is 9.07. The van der Waals surface area contributed by atoms with E-state index in [9.17, 15) is 0 Å². The van der Waals surface area contributed by atoms with E-state index in [2.05, 4.69) is 37.0 Å². The van der Waals surface area contributed by atoms with Gasteiger partial charge < -0.3 is 5.11 Å². The predicted octanol–water partition coefficient (Wildman–Crippen LogP) is 3.26. The van der Waals surface area contributed by atoms with Crippen molar-refractivity contribution in [2.24, 2.45) is 4.99 Å². The van der Waals surface area contributed by atoms with Gasteiger partial charge in [-0.05, 0) is 31.9 Å². The summed E-state index contributed by atoms with van der Waals surface area (Å²) in [6.45, 7) is 4.20. The normalized spacial score (nSPS) is 20.1. The Labute approximate surface area is 90.0 Å². The average Bonchev–Trinajstić information content (AvgIpc) is 2.17. The maximum absolute atomic E-state index is 9.15. The van der Waals surface area contributed by atoms with Crippen molar-refractivity contribution >= 4 is 6.21 Å². The molecule has 1 aliphatic rings. The van der Waals surface area contributed by atoms with Crippen LogP contribution >= 0.6 is 0 Å². The minimum absolute atomic E-state index is 0.135. The first-order valence-electron chi connectivity index (χ1n) is 5.16. The van der Waals surface area contributed by atoms with Gasteiger partial charge in [-0.15, -0.1) is 0 Å². The first kappa shape index (κ1) is 9.97. The molecule has 1 atom stereocenters. The molecule has 15 heavy (non-hydrogen) atoms. The summed E-state index contributed by atoms with van der Waals surface area (Å²) in [6.07, 6.45) is 4.42. The number of aliphatic hydroxyl groups excluding tert-OH is 1. The van der Waals surface area contributed by atoms with Crippen molar-refractivity contribution in [3.05, 3.63) is 46.8 Å². The van der Waals surface area contributed by atoms with E-state index in [0.717, 1.165) is 6.42 Å². The lowest BCUT2D eigenvalue weighted by molar-refractivity contribution is 0.401. The van der Waals surface area contributed by atoms with Crippen molar-refractivity contribution in [2.75, 3.05) is 0 Å². The van der Waals surface area contributed by atoms with Crippen LogP contribution in [0.1, 0.15) is 29.0 Å². The molecule has 1 heterocycles. The lowest BCUT2D eigenvalue weighted by Crippen LogP contribution is -2.04. The van der Waals surface area contributed by atoms with Gasteiger partial charge in [0.2, 0.25) is 5.88 Å². The molecule has 2 heteroatoms. The number of allylic oxidation sites excluding steroid dienone is 1. The molecule has 0 radical (unpaired) electrons. The van der Waals surface area contributed by atoms with Gasteiger partial charge in [-0.2, -0.15) is 0 Å². The molecular formula is C13H15NO. The molecule has 0 aliphatic carbocycles. The summed E-state index contributed by atoms with van der Waals surface area (Å²) in [5, 5.41) is 9.15. The van der Waals surface area contributed by atoms with Crippen LogP contribution in [-0.4, -0.2) is 11.3 Å². The van der Waals surface area contributed by atoms with Crippen molar-refractivity contribution in [1.82, 2.24) is 0 Å². The monoisotopic (exact) mass is 201 g/mol. The minimum Gasteiger partial charge on any atom is -0.494 e. The number of aliphatic imine (C=N–C) groups is 1. The molecule has 1 unspecified atom stereocenters. The second kappa shape index (κ2) is 3.89. The Hall–Kier alpha value is -1.57. The van der Waals surface area contributed by atoms with Crippen LogP contribution < -0.4 is 0 Å². The van der Waals surface area contributed by atoms with Crippen LogP contribution in [-0.2, 0) is 0 Å². The van der Waals surface area contributed by atoms with Gasteiger partial charge in [0.15, 0.2) is 0 Å². The molecule has 0 spiro atoms. The first-order valence-corrected chi connectivity index (χ1v) is 5.16. The molecule has 0 aromatic heterocycles. The van der Waals surface area contributed by atoms with Gasteiger partial charge in [-0.3, -0.25) is 0 Å². The average molecular weight is 201 g/mol. The van der Waals surface area contributed by atoms with Crippen LogP contribution in [0.15, 0.2) is 35.2 Å². The van der Waals surface area contributed by atoms with E-state index in [-0.39, 0.29) is 5.88 Å². The molecule has 1 aliphatic heterocycles. The summed E-state index contributed by atoms with van der Waals surface area (Å²) in [6, 6.07) is 6.52. The number of benzene rings is 1. The zero-order chi connectivity index (χ0) is 10.8. The highest BCUT2D eigenvalue weighted by atomic mass is 16.3. The fraction of sp³-hybridized carbons (Fsp3) is 0.308. The van der Waals surface area contributed by atoms with Crippen molar-refractivity contribution in [2.45, 2.75) is 26.2 Å². The topological polar surface area (TPSA) is 32.6 Å². The highest BCUT2D eigenvalue weighted by molar-refractivity contribution is 5.70. The highest BCUT2D eigenvalue weighted by Crippen LogP contribution is 2.24. The van der Waals surface area contributed by atoms with Gasteiger partial charge in [0.1, 0.15) is 0 Å². The summed E-state index contributed by atoms with van der Waals surface area (Å²) in [5.74, 6) is 0.440. The third kappa shape index (κ3) is 2.27. The summed E-state index contributed by atoms with van der Waals surface area (Å²) >= 11 is 0. The van der Waals surface area contributed by atoms with E-state index in [1.165, 1.54) is 16.7 Å². The fourth-order valence-corrected chi connectivity index (χ4v) is 1.96. The predicted molar refractivity (Wildman–Crippen MR) is 62.5 cm³/mol. The van der Waals surface area contributed by atoms with E-state index >= 15 is 0 Å². The lowest BCUT2D eigenvalue weighted by atomic mass is 9.93. The highest BCUT2D eigenvalue weighted by Gasteiger charge is 2.12. The smallest absolute Gasteiger partial charge is 0.206 e. The molecule has 0 saturated carbocycles. The van der Waals surface area contributed by atoms with E-state index < -0.39 is 0 Å². The molecule has 1 N–H and O–H groups in total. The van der Waals surface area contributed by atoms with Crippen LogP contribution in [0.25, 0.3) is 0 Å². The molecule has 0 fully saturated rings. The Morgan fingerprint density at radius 2 is 1.87 bits per heavy atom. The van der Waals surface area contributed by atoms with Crippen molar-refractivity contribution < 1.29 is 5.11 Å². The summed E-state index contributed by atoms with van der Waals surface area (Å²) in [4.78, 5) is 3.94. The Balaban J connectivity index is 2.28. The largest absolute Gasteiger partial charge is 0.494 e. The fourth-order valence-electron chi connectivity index (χ4n) is 1.96. The molecular weight excluding hydrogens is 186 g/mol. The molecule has 2 rings (SSSR count). The molecule has 1 aromatic carbocycles. The van der Waals surface area contributed by atoms with Gasteiger partial charge in [0.25, 0.3) is 0 Å². The van der Waals surface area contributed by atoms with E-state index in [1.807, 2.05) is 6.21 Å². The standard InChI is InChI=1S/C13H15NO/c1-9-5-10(2)7-12(6-9)11-3-4-13(15)14-8-11/h4-8,11,15H,3H2,1-2H3. The molecule has 78 valence electrons. The summed E-state index contributed by atoms with van der Waals surface area (Å²) in [5.41, 5.74) is 3.83. The molecule has 0 bridgehead atoms. The van der Waals surface area contributed by atoms with Gasteiger partial charge >= 0.3 is 0 Å². The van der Waals surface area contributed by atoms with Gasteiger partial charge in [0, 0.05) is 12.1 Å². The van der Waals surface area contributed by atoms with Crippen LogP contribution in [0.4, 0.5) is 0 Å². The molecule has 0 amide bonds. The third-order valence-corrected chi connectivity index (χ3v) is 2.61. The van der Waals surface area contributed by atoms with Crippen molar-refractivity contribution in [3.8, 4) is 0 Å². The van der Waals surface area contributed by atoms with Crippen molar-refractivity contribution in [1.29, 1.82) is 0 Å². The number of hydrogen-bond acceptors (Lipinski definition) is 2. The van der Waals surface area contributed by atoms with Gasteiger partial charge in [-0.1, -0.05) is 29.3 Å². The minimum atomic E-state index is 0.135. The lowest BCUT2D eigenvalue weighted by Gasteiger charge is -2.15. The maximum atomic E-state index is 9.15. The SMILES string of the molecule is Cc1cc(C)cc(C2C=NC(O)=CC2)c1. The summed E-state index contributed by atoms with van der Waals surface area (Å²) in [7, 11) is 0. The number of hydrogen-bond donors (Lipinski definition) is 1. The van der Waals surface area contributed by atoms with E-state index in [1.54, 1.807) is 6.08 Å². The summed E-state index contributed by atoms with van der Waals surface area (Å²) < 4.78 is 0. The van der Waals surface area contributed by atoms with Crippen LogP contribution in [0.5, 0.6) is 0 Å². The van der Waals surface area contributed by atoms with Gasteiger partial charge in [-0.25, -0.2) is 4.99 Å². The molecule has 0 saturated heterocycles. The number of nitrogens with zero attached hydrogens (tertiary/aromatic N) is 1. The molecule has 2 nitrogen and oxygen atoms in total. The Morgan fingerprint density at radius 3 is 2.40 bits per heavy atom. The van der Waals surface area contributed by atoms with Crippen LogP contribution in [0.2, 0.25) is 0 Å². The Kier molecular flexibility index (Phi) is 2.58. The first-order chi connectivity index (χ1) is 7.15. The maximum Gasteiger partial charge on any atom is 0.206 e. The number of rotatable bonds is 1. The third-order valence-electron chi connectivity index (χ3n) is 2.61. The second-order valence-electron chi connectivity index (χ2n) is 4.10. The number of aryl methyl sites for hydroxylation is 2. The second-order valence-corrected chi connectivity index (χ2v) is 4.10. The quantitative estimate of drug-likeness (QED) is 0.743. The Bertz CT molecular complexity index is 412. The number of aliphatic hydroxyl groups is 1. The van der Waals surface area contributed by atoms with E-state index in [4.69, 9.17) is 5.11 Å².